The Bertz CT molecular complexity index is 140. The van der Waals surface area contributed by atoms with Gasteiger partial charge >= 0.3 is 0 Å². The zero-order valence-electron chi connectivity index (χ0n) is 6.88. The van der Waals surface area contributed by atoms with Crippen molar-refractivity contribution in [3.63, 3.8) is 0 Å². The molecular weight excluding hydrogens is 164 g/mol. The standard InChI is InChI=1S/C6H16N2O4/c1-3(10)5(12)6(7,8)4(11)2-9/h3-5,9-12H,2,7-8H2,1H3/t3-,4+,5+/m0/s1. The molecule has 0 aromatic heterocycles. The van der Waals surface area contributed by atoms with Gasteiger partial charge in [0.1, 0.15) is 17.9 Å². The molecule has 0 unspecified atom stereocenters. The Morgan fingerprint density at radius 2 is 1.67 bits per heavy atom. The van der Waals surface area contributed by atoms with Crippen LogP contribution < -0.4 is 11.5 Å². The highest BCUT2D eigenvalue weighted by Gasteiger charge is 2.39. The van der Waals surface area contributed by atoms with Crippen LogP contribution >= 0.6 is 0 Å². The molecule has 12 heavy (non-hydrogen) atoms. The van der Waals surface area contributed by atoms with Gasteiger partial charge in [-0.1, -0.05) is 0 Å². The molecule has 0 radical (unpaired) electrons. The molecule has 74 valence electrons. The van der Waals surface area contributed by atoms with Crippen molar-refractivity contribution in [1.29, 1.82) is 0 Å². The van der Waals surface area contributed by atoms with Crippen molar-refractivity contribution in [2.75, 3.05) is 6.61 Å². The van der Waals surface area contributed by atoms with Crippen LogP contribution in [0.25, 0.3) is 0 Å². The summed E-state index contributed by atoms with van der Waals surface area (Å²) in [5.74, 6) is 0. The second-order valence-electron chi connectivity index (χ2n) is 2.88. The van der Waals surface area contributed by atoms with Crippen LogP contribution in [0.4, 0.5) is 0 Å². The SMILES string of the molecule is C[C@H](O)[C@@H](O)C(N)(N)[C@H](O)CO. The van der Waals surface area contributed by atoms with Crippen LogP contribution in [-0.2, 0) is 0 Å². The lowest BCUT2D eigenvalue weighted by molar-refractivity contribution is -0.0777. The molecular formula is C6H16N2O4. The van der Waals surface area contributed by atoms with E-state index in [9.17, 15) is 5.11 Å². The van der Waals surface area contributed by atoms with Gasteiger partial charge in [0.2, 0.25) is 0 Å². The van der Waals surface area contributed by atoms with Crippen molar-refractivity contribution in [3.8, 4) is 0 Å². The van der Waals surface area contributed by atoms with E-state index in [2.05, 4.69) is 0 Å². The van der Waals surface area contributed by atoms with Crippen LogP contribution in [0.1, 0.15) is 6.92 Å². The molecule has 0 saturated heterocycles. The summed E-state index contributed by atoms with van der Waals surface area (Å²) >= 11 is 0. The summed E-state index contributed by atoms with van der Waals surface area (Å²) in [6.07, 6.45) is -4.12. The predicted octanol–water partition coefficient (Wildman–Crippen LogP) is -3.30. The van der Waals surface area contributed by atoms with Crippen LogP contribution in [0.2, 0.25) is 0 Å². The van der Waals surface area contributed by atoms with Crippen molar-refractivity contribution in [1.82, 2.24) is 0 Å². The second kappa shape index (κ2) is 4.13. The summed E-state index contributed by atoms with van der Waals surface area (Å²) in [6.45, 7) is 0.611. The molecule has 6 nitrogen and oxygen atoms in total. The molecule has 0 aliphatic carbocycles. The van der Waals surface area contributed by atoms with Crippen molar-refractivity contribution >= 4 is 0 Å². The normalized spacial score (nSPS) is 20.2. The summed E-state index contributed by atoms with van der Waals surface area (Å²) < 4.78 is 0. The van der Waals surface area contributed by atoms with Gasteiger partial charge in [-0.05, 0) is 6.92 Å². The van der Waals surface area contributed by atoms with E-state index < -0.39 is 30.6 Å². The first-order chi connectivity index (χ1) is 5.34. The van der Waals surface area contributed by atoms with E-state index in [1.165, 1.54) is 6.92 Å². The van der Waals surface area contributed by atoms with E-state index in [4.69, 9.17) is 26.8 Å². The fraction of sp³-hybridized carbons (Fsp3) is 1.00. The average Bonchev–Trinajstić information content (AvgIpc) is 2.01. The second-order valence-corrected chi connectivity index (χ2v) is 2.88. The van der Waals surface area contributed by atoms with Crippen LogP contribution in [0.5, 0.6) is 0 Å². The van der Waals surface area contributed by atoms with Gasteiger partial charge in [-0.2, -0.15) is 0 Å². The summed E-state index contributed by atoms with van der Waals surface area (Å²) in [7, 11) is 0. The van der Waals surface area contributed by atoms with E-state index in [0.717, 1.165) is 0 Å². The predicted molar refractivity (Wildman–Crippen MR) is 41.9 cm³/mol. The first kappa shape index (κ1) is 11.8. The molecule has 3 atom stereocenters. The Morgan fingerprint density at radius 3 is 1.92 bits per heavy atom. The maximum atomic E-state index is 9.18. The number of hydrogen-bond donors (Lipinski definition) is 6. The van der Waals surface area contributed by atoms with Gasteiger partial charge in [0, 0.05) is 0 Å². The highest BCUT2D eigenvalue weighted by molar-refractivity contribution is 4.94. The molecule has 8 N–H and O–H groups in total. The van der Waals surface area contributed by atoms with Gasteiger partial charge in [0.15, 0.2) is 0 Å². The Balaban J connectivity index is 4.37. The smallest absolute Gasteiger partial charge is 0.122 e. The number of nitrogens with two attached hydrogens (primary N) is 2. The quantitative estimate of drug-likeness (QED) is 0.251. The van der Waals surface area contributed by atoms with Gasteiger partial charge in [-0.25, -0.2) is 0 Å². The first-order valence-corrected chi connectivity index (χ1v) is 3.56. The summed E-state index contributed by atoms with van der Waals surface area (Å²) in [6, 6.07) is 0. The van der Waals surface area contributed by atoms with E-state index in [0.29, 0.717) is 0 Å². The fourth-order valence-electron chi connectivity index (χ4n) is 0.773. The minimum Gasteiger partial charge on any atom is -0.394 e. The lowest BCUT2D eigenvalue weighted by Gasteiger charge is -2.35. The molecule has 0 aliphatic heterocycles. The van der Waals surface area contributed by atoms with Gasteiger partial charge < -0.3 is 31.9 Å². The van der Waals surface area contributed by atoms with E-state index in [1.54, 1.807) is 0 Å². The van der Waals surface area contributed by atoms with E-state index >= 15 is 0 Å². The third kappa shape index (κ3) is 2.37. The van der Waals surface area contributed by atoms with Crippen LogP contribution in [0.15, 0.2) is 0 Å². The number of rotatable bonds is 4. The Labute approximate surface area is 70.4 Å². The molecule has 0 fully saturated rings. The van der Waals surface area contributed by atoms with E-state index in [-0.39, 0.29) is 0 Å². The lowest BCUT2D eigenvalue weighted by atomic mass is 9.95. The van der Waals surface area contributed by atoms with Gasteiger partial charge in [0.05, 0.1) is 12.7 Å². The van der Waals surface area contributed by atoms with Crippen LogP contribution in [0.3, 0.4) is 0 Å². The molecule has 0 saturated carbocycles. The van der Waals surface area contributed by atoms with Gasteiger partial charge in [0.25, 0.3) is 0 Å². The molecule has 0 aromatic rings. The minimum atomic E-state index is -1.90. The van der Waals surface area contributed by atoms with E-state index in [1.807, 2.05) is 0 Å². The Morgan fingerprint density at radius 1 is 1.25 bits per heavy atom. The monoisotopic (exact) mass is 180 g/mol. The Kier molecular flexibility index (Phi) is 4.04. The largest absolute Gasteiger partial charge is 0.394 e. The highest BCUT2D eigenvalue weighted by atomic mass is 16.3. The minimum absolute atomic E-state index is 0.670. The molecule has 0 aromatic carbocycles. The average molecular weight is 180 g/mol. The molecule has 0 amide bonds. The summed E-state index contributed by atoms with van der Waals surface area (Å²) in [4.78, 5) is 0. The molecule has 6 heteroatoms. The molecule has 0 rings (SSSR count). The third-order valence-corrected chi connectivity index (χ3v) is 1.72. The molecule has 0 heterocycles. The maximum absolute atomic E-state index is 9.18. The lowest BCUT2D eigenvalue weighted by Crippen LogP contribution is -2.69. The molecule has 0 spiro atoms. The zero-order valence-corrected chi connectivity index (χ0v) is 6.88. The van der Waals surface area contributed by atoms with Crippen molar-refractivity contribution in [2.45, 2.75) is 30.9 Å². The van der Waals surface area contributed by atoms with Crippen LogP contribution in [-0.4, -0.2) is 51.0 Å². The maximum Gasteiger partial charge on any atom is 0.122 e. The summed E-state index contributed by atoms with van der Waals surface area (Å²) in [5, 5.41) is 35.6. The van der Waals surface area contributed by atoms with Crippen LogP contribution in [0, 0.1) is 0 Å². The molecule has 0 aliphatic rings. The van der Waals surface area contributed by atoms with Gasteiger partial charge in [-0.15, -0.1) is 0 Å². The third-order valence-electron chi connectivity index (χ3n) is 1.72. The van der Waals surface area contributed by atoms with Crippen molar-refractivity contribution in [2.24, 2.45) is 11.5 Å². The van der Waals surface area contributed by atoms with Crippen molar-refractivity contribution in [3.05, 3.63) is 0 Å². The Hall–Kier alpha value is -0.240. The first-order valence-electron chi connectivity index (χ1n) is 3.56. The van der Waals surface area contributed by atoms with Crippen molar-refractivity contribution < 1.29 is 20.4 Å². The highest BCUT2D eigenvalue weighted by Crippen LogP contribution is 2.09. The molecule has 0 bridgehead atoms. The number of aliphatic hydroxyl groups excluding tert-OH is 4. The van der Waals surface area contributed by atoms with Gasteiger partial charge in [-0.3, -0.25) is 0 Å². The zero-order chi connectivity index (χ0) is 9.94. The number of aliphatic hydroxyl groups is 4. The number of hydrogen-bond acceptors (Lipinski definition) is 6. The summed E-state index contributed by atoms with van der Waals surface area (Å²) in [5.41, 5.74) is 8.65. The topological polar surface area (TPSA) is 133 Å². The fourth-order valence-corrected chi connectivity index (χ4v) is 0.773.